The van der Waals surface area contributed by atoms with Crippen LogP contribution in [0.2, 0.25) is 0 Å². The van der Waals surface area contributed by atoms with Gasteiger partial charge in [0.15, 0.2) is 0 Å². The van der Waals surface area contributed by atoms with E-state index in [1.54, 1.807) is 0 Å². The molecule has 0 N–H and O–H groups in total. The molecule has 0 fully saturated rings. The quantitative estimate of drug-likeness (QED) is 0.395. The van der Waals surface area contributed by atoms with Crippen molar-refractivity contribution < 1.29 is 0 Å². The Morgan fingerprint density at radius 2 is 1.47 bits per heavy atom. The van der Waals surface area contributed by atoms with Gasteiger partial charge in [0.2, 0.25) is 0 Å². The normalized spacial score (nSPS) is 11.1. The number of nitrogens with zero attached hydrogens (tertiary/aromatic N) is 2. The van der Waals surface area contributed by atoms with E-state index in [-0.39, 0.29) is 0 Å². The molecule has 2 heteroatoms. The Balaban J connectivity index is 1.95. The van der Waals surface area contributed by atoms with Gasteiger partial charge in [-0.2, -0.15) is 10.2 Å². The van der Waals surface area contributed by atoms with Crippen molar-refractivity contribution in [3.05, 3.63) is 30.3 Å². The average molecular weight is 232 g/mol. The zero-order valence-electron chi connectivity index (χ0n) is 10.9. The summed E-state index contributed by atoms with van der Waals surface area (Å²) >= 11 is 0. The molecule has 0 saturated heterocycles. The van der Waals surface area contributed by atoms with E-state index in [2.05, 4.69) is 17.2 Å². The first-order valence-corrected chi connectivity index (χ1v) is 6.86. The van der Waals surface area contributed by atoms with Crippen molar-refractivity contribution in [2.75, 3.05) is 6.54 Å². The Labute approximate surface area is 105 Å². The lowest BCUT2D eigenvalue weighted by molar-refractivity contribution is 0.590. The molecule has 0 aliphatic rings. The molecule has 0 aromatic heterocycles. The van der Waals surface area contributed by atoms with Gasteiger partial charge in [0.05, 0.1) is 12.2 Å². The summed E-state index contributed by atoms with van der Waals surface area (Å²) in [6, 6.07) is 9.93. The molecular formula is C15H24N2. The summed E-state index contributed by atoms with van der Waals surface area (Å²) < 4.78 is 0. The molecule has 17 heavy (non-hydrogen) atoms. The van der Waals surface area contributed by atoms with Crippen LogP contribution in [0.5, 0.6) is 0 Å². The van der Waals surface area contributed by atoms with Crippen LogP contribution in [0.15, 0.2) is 40.6 Å². The summed E-state index contributed by atoms with van der Waals surface area (Å²) in [6.45, 7) is 3.12. The van der Waals surface area contributed by atoms with Gasteiger partial charge in [-0.25, -0.2) is 0 Å². The van der Waals surface area contributed by atoms with Crippen LogP contribution < -0.4 is 0 Å². The molecule has 0 aliphatic heterocycles. The van der Waals surface area contributed by atoms with Gasteiger partial charge in [0.25, 0.3) is 0 Å². The molecule has 1 aromatic rings. The third-order valence-electron chi connectivity index (χ3n) is 2.80. The van der Waals surface area contributed by atoms with Crippen LogP contribution in [0.1, 0.15) is 51.9 Å². The van der Waals surface area contributed by atoms with Crippen LogP contribution in [0.25, 0.3) is 0 Å². The second kappa shape index (κ2) is 10.0. The van der Waals surface area contributed by atoms with Crippen LogP contribution in [0.3, 0.4) is 0 Å². The molecule has 0 amide bonds. The van der Waals surface area contributed by atoms with Gasteiger partial charge in [0, 0.05) is 0 Å². The minimum absolute atomic E-state index is 0.864. The van der Waals surface area contributed by atoms with Gasteiger partial charge in [-0.15, -0.1) is 0 Å². The lowest BCUT2D eigenvalue weighted by atomic mass is 10.1. The van der Waals surface area contributed by atoms with Crippen molar-refractivity contribution in [1.82, 2.24) is 0 Å². The fourth-order valence-corrected chi connectivity index (χ4v) is 1.77. The van der Waals surface area contributed by atoms with Crippen LogP contribution in [-0.2, 0) is 0 Å². The zero-order chi connectivity index (χ0) is 12.2. The summed E-state index contributed by atoms with van der Waals surface area (Å²) in [5.41, 5.74) is 0.954. The van der Waals surface area contributed by atoms with Crippen molar-refractivity contribution in [2.45, 2.75) is 51.9 Å². The standard InChI is InChI=1S/C15H24N2/c1-2-3-4-5-6-7-11-14-16-17-15-12-9-8-10-13-15/h8-10,12-13H,2-7,11,14H2,1H3. The highest BCUT2D eigenvalue weighted by atomic mass is 15.1. The first-order valence-electron chi connectivity index (χ1n) is 6.86. The van der Waals surface area contributed by atoms with Gasteiger partial charge in [-0.3, -0.25) is 0 Å². The van der Waals surface area contributed by atoms with Crippen molar-refractivity contribution in [3.63, 3.8) is 0 Å². The molecule has 0 radical (unpaired) electrons. The van der Waals surface area contributed by atoms with E-state index in [0.29, 0.717) is 0 Å². The highest BCUT2D eigenvalue weighted by Crippen LogP contribution is 2.11. The van der Waals surface area contributed by atoms with Gasteiger partial charge in [-0.05, 0) is 18.6 Å². The van der Waals surface area contributed by atoms with E-state index >= 15 is 0 Å². The van der Waals surface area contributed by atoms with Gasteiger partial charge in [0.1, 0.15) is 0 Å². The molecule has 0 spiro atoms. The predicted octanol–water partition coefficient (Wildman–Crippen LogP) is 5.52. The van der Waals surface area contributed by atoms with E-state index in [1.807, 2.05) is 30.3 Å². The second-order valence-electron chi connectivity index (χ2n) is 4.42. The first kappa shape index (κ1) is 13.9. The van der Waals surface area contributed by atoms with Crippen LogP contribution >= 0.6 is 0 Å². The molecule has 2 nitrogen and oxygen atoms in total. The van der Waals surface area contributed by atoms with E-state index in [0.717, 1.165) is 12.2 Å². The smallest absolute Gasteiger partial charge is 0.0852 e. The topological polar surface area (TPSA) is 24.7 Å². The fourth-order valence-electron chi connectivity index (χ4n) is 1.77. The summed E-state index contributed by atoms with van der Waals surface area (Å²) in [5.74, 6) is 0. The number of rotatable bonds is 9. The highest BCUT2D eigenvalue weighted by Gasteiger charge is 1.90. The second-order valence-corrected chi connectivity index (χ2v) is 4.42. The highest BCUT2D eigenvalue weighted by molar-refractivity contribution is 5.34. The van der Waals surface area contributed by atoms with Crippen molar-refractivity contribution in [2.24, 2.45) is 10.2 Å². The monoisotopic (exact) mass is 232 g/mol. The van der Waals surface area contributed by atoms with Gasteiger partial charge in [-0.1, -0.05) is 63.6 Å². The molecule has 0 bridgehead atoms. The van der Waals surface area contributed by atoms with E-state index in [9.17, 15) is 0 Å². The van der Waals surface area contributed by atoms with Crippen molar-refractivity contribution in [1.29, 1.82) is 0 Å². The number of benzene rings is 1. The van der Waals surface area contributed by atoms with E-state index in [1.165, 1.54) is 44.9 Å². The maximum atomic E-state index is 4.20. The maximum absolute atomic E-state index is 4.20. The Bertz CT molecular complexity index is 293. The zero-order valence-corrected chi connectivity index (χ0v) is 10.9. The van der Waals surface area contributed by atoms with Crippen molar-refractivity contribution >= 4 is 5.69 Å². The van der Waals surface area contributed by atoms with Crippen molar-refractivity contribution in [3.8, 4) is 0 Å². The maximum Gasteiger partial charge on any atom is 0.0852 e. The Morgan fingerprint density at radius 1 is 0.824 bits per heavy atom. The lowest BCUT2D eigenvalue weighted by Crippen LogP contribution is -1.82. The van der Waals surface area contributed by atoms with Crippen LogP contribution in [0.4, 0.5) is 5.69 Å². The predicted molar refractivity (Wildman–Crippen MR) is 73.8 cm³/mol. The largest absolute Gasteiger partial charge is 0.189 e. The SMILES string of the molecule is CCCCCCCCCN=Nc1ccccc1. The van der Waals surface area contributed by atoms with E-state index < -0.39 is 0 Å². The number of hydrogen-bond acceptors (Lipinski definition) is 2. The molecule has 0 atom stereocenters. The molecule has 0 aliphatic carbocycles. The first-order chi connectivity index (χ1) is 8.43. The summed E-state index contributed by atoms with van der Waals surface area (Å²) in [5, 5.41) is 8.38. The molecule has 1 rings (SSSR count). The Morgan fingerprint density at radius 3 is 2.18 bits per heavy atom. The molecule has 94 valence electrons. The molecule has 1 aromatic carbocycles. The third kappa shape index (κ3) is 7.67. The molecule has 0 saturated carbocycles. The number of hydrogen-bond donors (Lipinski definition) is 0. The third-order valence-corrected chi connectivity index (χ3v) is 2.80. The molecule has 0 heterocycles. The minimum atomic E-state index is 0.864. The number of unbranched alkanes of at least 4 members (excludes halogenated alkanes) is 6. The van der Waals surface area contributed by atoms with Crippen LogP contribution in [0, 0.1) is 0 Å². The Kier molecular flexibility index (Phi) is 8.17. The number of azo groups is 1. The van der Waals surface area contributed by atoms with Crippen LogP contribution in [-0.4, -0.2) is 6.54 Å². The Hall–Kier alpha value is -1.18. The van der Waals surface area contributed by atoms with Gasteiger partial charge >= 0.3 is 0 Å². The summed E-state index contributed by atoms with van der Waals surface area (Å²) in [7, 11) is 0. The molecular weight excluding hydrogens is 208 g/mol. The minimum Gasteiger partial charge on any atom is -0.189 e. The average Bonchev–Trinajstić information content (AvgIpc) is 2.38. The summed E-state index contributed by atoms with van der Waals surface area (Å²) in [4.78, 5) is 0. The molecule has 0 unspecified atom stereocenters. The van der Waals surface area contributed by atoms with Gasteiger partial charge < -0.3 is 0 Å². The lowest BCUT2D eigenvalue weighted by Gasteiger charge is -1.98. The fraction of sp³-hybridized carbons (Fsp3) is 0.600. The summed E-state index contributed by atoms with van der Waals surface area (Å²) in [6.07, 6.45) is 9.28. The van der Waals surface area contributed by atoms with E-state index in [4.69, 9.17) is 0 Å².